The first-order valence-electron chi connectivity index (χ1n) is 4.35. The second-order valence-electron chi connectivity index (χ2n) is 3.33. The molecule has 0 aromatic heterocycles. The Balaban J connectivity index is 3.00. The van der Waals surface area contributed by atoms with Crippen molar-refractivity contribution >= 4 is 23.2 Å². The van der Waals surface area contributed by atoms with Gasteiger partial charge in [0.25, 0.3) is 0 Å². The lowest BCUT2D eigenvalue weighted by Crippen LogP contribution is -2.30. The monoisotopic (exact) mass is 232 g/mol. The van der Waals surface area contributed by atoms with Gasteiger partial charge >= 0.3 is 0 Å². The van der Waals surface area contributed by atoms with Gasteiger partial charge < -0.3 is 5.32 Å². The van der Waals surface area contributed by atoms with Crippen LogP contribution < -0.4 is 5.32 Å². The quantitative estimate of drug-likeness (QED) is 0.807. The van der Waals surface area contributed by atoms with Gasteiger partial charge in [0.05, 0.1) is 16.2 Å². The van der Waals surface area contributed by atoms with Crippen molar-refractivity contribution in [1.29, 1.82) is 0 Å². The minimum atomic E-state index is 0.157. The average Bonchev–Trinajstić information content (AvgIpc) is 2.11. The molecule has 1 unspecified atom stereocenters. The van der Waals surface area contributed by atoms with E-state index in [0.29, 0.717) is 10.0 Å². The molecule has 0 bridgehead atoms. The molecule has 0 saturated heterocycles. The number of hydrogen-bond donors (Lipinski definition) is 1. The Labute approximate surface area is 94.8 Å². The standard InChI is InChI=1S/C10H14Cl2N2/c1-13-10(14(2)3)7-4-5-8(11)9(12)6-7/h4-6,10,13H,1-3H3. The molecule has 4 heteroatoms. The molecule has 1 aromatic carbocycles. The number of nitrogens with zero attached hydrogens (tertiary/aromatic N) is 1. The lowest BCUT2D eigenvalue weighted by molar-refractivity contribution is 0.264. The zero-order chi connectivity index (χ0) is 10.7. The maximum absolute atomic E-state index is 5.94. The molecule has 1 rings (SSSR count). The Morgan fingerprint density at radius 2 is 1.86 bits per heavy atom. The van der Waals surface area contributed by atoms with E-state index in [1.54, 1.807) is 0 Å². The van der Waals surface area contributed by atoms with Gasteiger partial charge in [0.15, 0.2) is 0 Å². The zero-order valence-electron chi connectivity index (χ0n) is 8.51. The van der Waals surface area contributed by atoms with Crippen LogP contribution in [-0.2, 0) is 0 Å². The lowest BCUT2D eigenvalue weighted by atomic mass is 10.1. The Kier molecular flexibility index (Phi) is 4.20. The molecule has 0 amide bonds. The van der Waals surface area contributed by atoms with Crippen molar-refractivity contribution in [3.8, 4) is 0 Å². The first-order chi connectivity index (χ1) is 6.56. The molecule has 1 atom stereocenters. The van der Waals surface area contributed by atoms with Crippen molar-refractivity contribution in [2.45, 2.75) is 6.17 Å². The van der Waals surface area contributed by atoms with Crippen molar-refractivity contribution < 1.29 is 0 Å². The second-order valence-corrected chi connectivity index (χ2v) is 4.14. The average molecular weight is 233 g/mol. The predicted molar refractivity (Wildman–Crippen MR) is 61.9 cm³/mol. The maximum Gasteiger partial charge on any atom is 0.0853 e. The Hall–Kier alpha value is -0.280. The summed E-state index contributed by atoms with van der Waals surface area (Å²) in [6.07, 6.45) is 0.157. The fourth-order valence-corrected chi connectivity index (χ4v) is 1.71. The zero-order valence-corrected chi connectivity index (χ0v) is 10.0. The summed E-state index contributed by atoms with van der Waals surface area (Å²) in [5.74, 6) is 0. The van der Waals surface area contributed by atoms with E-state index >= 15 is 0 Å². The summed E-state index contributed by atoms with van der Waals surface area (Å²) in [7, 11) is 5.92. The number of nitrogens with one attached hydrogen (secondary N) is 1. The minimum Gasteiger partial charge on any atom is -0.301 e. The number of benzene rings is 1. The highest BCUT2D eigenvalue weighted by atomic mass is 35.5. The van der Waals surface area contributed by atoms with E-state index in [4.69, 9.17) is 23.2 Å². The van der Waals surface area contributed by atoms with Crippen LogP contribution in [0.2, 0.25) is 10.0 Å². The van der Waals surface area contributed by atoms with E-state index < -0.39 is 0 Å². The topological polar surface area (TPSA) is 15.3 Å². The molecule has 0 aliphatic rings. The van der Waals surface area contributed by atoms with Crippen molar-refractivity contribution in [1.82, 2.24) is 10.2 Å². The van der Waals surface area contributed by atoms with Gasteiger partial charge in [-0.05, 0) is 38.8 Å². The smallest absolute Gasteiger partial charge is 0.0853 e. The molecule has 78 valence electrons. The van der Waals surface area contributed by atoms with Crippen molar-refractivity contribution in [3.63, 3.8) is 0 Å². The Bertz CT molecular complexity index is 313. The maximum atomic E-state index is 5.94. The van der Waals surface area contributed by atoms with Crippen LogP contribution in [0.15, 0.2) is 18.2 Å². The molecule has 1 N–H and O–H groups in total. The summed E-state index contributed by atoms with van der Waals surface area (Å²) in [5, 5.41) is 4.36. The molecule has 0 spiro atoms. The molecule has 2 nitrogen and oxygen atoms in total. The van der Waals surface area contributed by atoms with Crippen LogP contribution in [0.3, 0.4) is 0 Å². The van der Waals surface area contributed by atoms with Crippen molar-refractivity contribution in [3.05, 3.63) is 33.8 Å². The molecule has 0 saturated carbocycles. The summed E-state index contributed by atoms with van der Waals surface area (Å²) in [6.45, 7) is 0. The van der Waals surface area contributed by atoms with Crippen LogP contribution in [0.4, 0.5) is 0 Å². The van der Waals surface area contributed by atoms with Gasteiger partial charge in [-0.3, -0.25) is 4.90 Å². The van der Waals surface area contributed by atoms with Crippen LogP contribution in [-0.4, -0.2) is 26.0 Å². The van der Waals surface area contributed by atoms with Gasteiger partial charge in [-0.25, -0.2) is 0 Å². The third kappa shape index (κ3) is 2.61. The predicted octanol–water partition coefficient (Wildman–Crippen LogP) is 2.77. The molecule has 1 aromatic rings. The highest BCUT2D eigenvalue weighted by Crippen LogP contribution is 2.26. The molecule has 0 aliphatic heterocycles. The number of hydrogen-bond acceptors (Lipinski definition) is 2. The van der Waals surface area contributed by atoms with Crippen molar-refractivity contribution in [2.24, 2.45) is 0 Å². The highest BCUT2D eigenvalue weighted by Gasteiger charge is 2.12. The van der Waals surface area contributed by atoms with Gasteiger partial charge in [-0.1, -0.05) is 29.3 Å². The SMILES string of the molecule is CNC(c1ccc(Cl)c(Cl)c1)N(C)C. The summed E-state index contributed by atoms with van der Waals surface area (Å²) in [5.41, 5.74) is 1.10. The third-order valence-electron chi connectivity index (χ3n) is 2.05. The molecule has 0 aliphatic carbocycles. The van der Waals surface area contributed by atoms with Gasteiger partial charge in [0, 0.05) is 0 Å². The molecule has 0 radical (unpaired) electrons. The van der Waals surface area contributed by atoms with E-state index in [2.05, 4.69) is 10.2 Å². The third-order valence-corrected chi connectivity index (χ3v) is 2.79. The normalized spacial score (nSPS) is 13.3. The second kappa shape index (κ2) is 4.99. The van der Waals surface area contributed by atoms with Crippen LogP contribution in [0.5, 0.6) is 0 Å². The fraction of sp³-hybridized carbons (Fsp3) is 0.400. The van der Waals surface area contributed by atoms with E-state index in [0.717, 1.165) is 5.56 Å². The lowest BCUT2D eigenvalue weighted by Gasteiger charge is -2.24. The van der Waals surface area contributed by atoms with Gasteiger partial charge in [-0.2, -0.15) is 0 Å². The minimum absolute atomic E-state index is 0.157. The summed E-state index contributed by atoms with van der Waals surface area (Å²) in [6, 6.07) is 5.66. The van der Waals surface area contributed by atoms with Gasteiger partial charge in [0.1, 0.15) is 0 Å². The summed E-state index contributed by atoms with van der Waals surface area (Å²) in [4.78, 5) is 2.07. The van der Waals surface area contributed by atoms with Crippen molar-refractivity contribution in [2.75, 3.05) is 21.1 Å². The molecular weight excluding hydrogens is 219 g/mol. The van der Waals surface area contributed by atoms with Gasteiger partial charge in [-0.15, -0.1) is 0 Å². The van der Waals surface area contributed by atoms with E-state index in [-0.39, 0.29) is 6.17 Å². The van der Waals surface area contributed by atoms with Crippen LogP contribution in [0.25, 0.3) is 0 Å². The first-order valence-corrected chi connectivity index (χ1v) is 5.10. The largest absolute Gasteiger partial charge is 0.301 e. The summed E-state index contributed by atoms with van der Waals surface area (Å²) < 4.78 is 0. The summed E-state index contributed by atoms with van der Waals surface area (Å²) >= 11 is 11.8. The highest BCUT2D eigenvalue weighted by molar-refractivity contribution is 6.42. The fourth-order valence-electron chi connectivity index (χ4n) is 1.41. The Morgan fingerprint density at radius 3 is 2.29 bits per heavy atom. The van der Waals surface area contributed by atoms with Crippen LogP contribution in [0, 0.1) is 0 Å². The van der Waals surface area contributed by atoms with E-state index in [9.17, 15) is 0 Å². The Morgan fingerprint density at radius 1 is 1.21 bits per heavy atom. The molecule has 0 fully saturated rings. The molecule has 14 heavy (non-hydrogen) atoms. The van der Waals surface area contributed by atoms with Gasteiger partial charge in [0.2, 0.25) is 0 Å². The van der Waals surface area contributed by atoms with E-state index in [1.165, 1.54) is 0 Å². The number of rotatable bonds is 3. The van der Waals surface area contributed by atoms with E-state index in [1.807, 2.05) is 39.3 Å². The van der Waals surface area contributed by atoms with Crippen LogP contribution in [0.1, 0.15) is 11.7 Å². The molecule has 0 heterocycles. The first kappa shape index (κ1) is 11.8. The van der Waals surface area contributed by atoms with Crippen LogP contribution >= 0.6 is 23.2 Å². The molecular formula is C10H14Cl2N2. The number of halogens is 2.